The standard InChI is InChI=1S/C27H26N4S/c1-19(2)20-11-13-23(14-12-20)31-26(25(29-27(31)32)24-10-6-7-16-28-24)21-15-17-30(18-21)22-8-4-3-5-9-22/h3-19,25-26H,1-2H3,(H,29,32). The second-order valence-electron chi connectivity index (χ2n) is 8.43. The topological polar surface area (TPSA) is 33.1 Å². The molecule has 0 spiro atoms. The second-order valence-corrected chi connectivity index (χ2v) is 8.82. The molecule has 4 aromatic rings. The van der Waals surface area contributed by atoms with Crippen LogP contribution in [0, 0.1) is 0 Å². The summed E-state index contributed by atoms with van der Waals surface area (Å²) in [4.78, 5) is 6.87. The van der Waals surface area contributed by atoms with E-state index in [0.717, 1.165) is 22.2 Å². The Morgan fingerprint density at radius 1 is 0.875 bits per heavy atom. The minimum atomic E-state index is -0.0416. The SMILES string of the molecule is CC(C)c1ccc(N2C(=S)NC(c3ccccn3)C2c2ccn(-c3ccccc3)c2)cc1. The molecule has 0 amide bonds. The Hall–Kier alpha value is -3.44. The van der Waals surface area contributed by atoms with Gasteiger partial charge in [-0.2, -0.15) is 0 Å². The average molecular weight is 439 g/mol. The minimum Gasteiger partial charge on any atom is -0.351 e. The van der Waals surface area contributed by atoms with Crippen molar-refractivity contribution in [3.05, 3.63) is 114 Å². The molecule has 32 heavy (non-hydrogen) atoms. The first-order valence-electron chi connectivity index (χ1n) is 11.0. The lowest BCUT2D eigenvalue weighted by atomic mass is 9.98. The number of aromatic nitrogens is 2. The first-order valence-corrected chi connectivity index (χ1v) is 11.4. The van der Waals surface area contributed by atoms with E-state index in [1.165, 1.54) is 11.1 Å². The van der Waals surface area contributed by atoms with Gasteiger partial charge in [0, 0.05) is 30.0 Å². The molecule has 1 N–H and O–H groups in total. The zero-order valence-electron chi connectivity index (χ0n) is 18.2. The summed E-state index contributed by atoms with van der Waals surface area (Å²) in [6.45, 7) is 4.42. The van der Waals surface area contributed by atoms with Crippen molar-refractivity contribution in [2.75, 3.05) is 4.90 Å². The van der Waals surface area contributed by atoms with Crippen molar-refractivity contribution in [3.63, 3.8) is 0 Å². The van der Waals surface area contributed by atoms with Gasteiger partial charge in [-0.05, 0) is 71.7 Å². The van der Waals surface area contributed by atoms with Crippen LogP contribution in [0.3, 0.4) is 0 Å². The van der Waals surface area contributed by atoms with Gasteiger partial charge < -0.3 is 14.8 Å². The number of nitrogens with zero attached hydrogens (tertiary/aromatic N) is 3. The highest BCUT2D eigenvalue weighted by Gasteiger charge is 2.41. The van der Waals surface area contributed by atoms with E-state index in [-0.39, 0.29) is 12.1 Å². The van der Waals surface area contributed by atoms with Crippen LogP contribution in [0.5, 0.6) is 0 Å². The number of hydrogen-bond acceptors (Lipinski definition) is 2. The largest absolute Gasteiger partial charge is 0.351 e. The maximum atomic E-state index is 5.84. The fourth-order valence-electron chi connectivity index (χ4n) is 4.34. The Labute approximate surface area is 194 Å². The molecule has 2 atom stereocenters. The molecule has 0 aliphatic carbocycles. The lowest BCUT2D eigenvalue weighted by molar-refractivity contribution is 0.568. The number of hydrogen-bond donors (Lipinski definition) is 1. The van der Waals surface area contributed by atoms with Crippen LogP contribution in [-0.4, -0.2) is 14.7 Å². The molecule has 2 aromatic heterocycles. The van der Waals surface area contributed by atoms with Gasteiger partial charge in [-0.15, -0.1) is 0 Å². The number of pyridine rings is 1. The van der Waals surface area contributed by atoms with Crippen molar-refractivity contribution in [2.45, 2.75) is 31.8 Å². The predicted molar refractivity (Wildman–Crippen MR) is 134 cm³/mol. The van der Waals surface area contributed by atoms with E-state index in [1.807, 2.05) is 24.4 Å². The molecule has 4 nitrogen and oxygen atoms in total. The molecule has 1 aliphatic rings. The van der Waals surface area contributed by atoms with Crippen LogP contribution in [0.1, 0.15) is 48.7 Å². The fourth-order valence-corrected chi connectivity index (χ4v) is 4.69. The summed E-state index contributed by atoms with van der Waals surface area (Å²) in [5, 5.41) is 4.26. The van der Waals surface area contributed by atoms with Gasteiger partial charge in [0.2, 0.25) is 0 Å². The van der Waals surface area contributed by atoms with Crippen molar-refractivity contribution < 1.29 is 0 Å². The van der Waals surface area contributed by atoms with Gasteiger partial charge in [0.1, 0.15) is 0 Å². The maximum Gasteiger partial charge on any atom is 0.174 e. The molecule has 1 aliphatic heterocycles. The number of nitrogens with one attached hydrogen (secondary N) is 1. The van der Waals surface area contributed by atoms with Crippen molar-refractivity contribution in [1.29, 1.82) is 0 Å². The zero-order valence-corrected chi connectivity index (χ0v) is 19.0. The lowest BCUT2D eigenvalue weighted by Gasteiger charge is -2.27. The smallest absolute Gasteiger partial charge is 0.174 e. The number of rotatable bonds is 5. The van der Waals surface area contributed by atoms with Gasteiger partial charge in [0.25, 0.3) is 0 Å². The molecular formula is C27H26N4S. The lowest BCUT2D eigenvalue weighted by Crippen LogP contribution is -2.29. The third kappa shape index (κ3) is 3.80. The van der Waals surface area contributed by atoms with E-state index < -0.39 is 0 Å². The molecule has 2 aromatic carbocycles. The molecular weight excluding hydrogens is 412 g/mol. The average Bonchev–Trinajstić information content (AvgIpc) is 3.45. The van der Waals surface area contributed by atoms with E-state index in [1.54, 1.807) is 0 Å². The first kappa shape index (κ1) is 20.5. The van der Waals surface area contributed by atoms with Gasteiger partial charge in [-0.1, -0.05) is 50.2 Å². The molecule has 0 bridgehead atoms. The van der Waals surface area contributed by atoms with Gasteiger partial charge in [-0.25, -0.2) is 0 Å². The summed E-state index contributed by atoms with van der Waals surface area (Å²) >= 11 is 5.84. The molecule has 3 heterocycles. The summed E-state index contributed by atoms with van der Waals surface area (Å²) < 4.78 is 2.16. The summed E-state index contributed by atoms with van der Waals surface area (Å²) in [6.07, 6.45) is 6.15. The fraction of sp³-hybridized carbons (Fsp3) is 0.185. The highest BCUT2D eigenvalue weighted by Crippen LogP contribution is 2.42. The van der Waals surface area contributed by atoms with Crippen molar-refractivity contribution in [3.8, 4) is 5.69 Å². The number of thiocarbonyl (C=S) groups is 1. The van der Waals surface area contributed by atoms with E-state index in [0.29, 0.717) is 5.92 Å². The summed E-state index contributed by atoms with van der Waals surface area (Å²) in [7, 11) is 0. The Bertz CT molecular complexity index is 1200. The molecule has 1 fully saturated rings. The van der Waals surface area contributed by atoms with Crippen LogP contribution in [0.2, 0.25) is 0 Å². The Kier molecular flexibility index (Phi) is 5.50. The summed E-state index contributed by atoms with van der Waals surface area (Å²) in [5.41, 5.74) is 5.70. The summed E-state index contributed by atoms with van der Waals surface area (Å²) in [6, 6.07) is 27.3. The van der Waals surface area contributed by atoms with Crippen LogP contribution >= 0.6 is 12.2 Å². The molecule has 5 rings (SSSR count). The summed E-state index contributed by atoms with van der Waals surface area (Å²) in [5.74, 6) is 0.490. The van der Waals surface area contributed by atoms with Crippen molar-refractivity contribution >= 4 is 23.0 Å². The number of anilines is 1. The van der Waals surface area contributed by atoms with E-state index >= 15 is 0 Å². The van der Waals surface area contributed by atoms with Crippen molar-refractivity contribution in [2.24, 2.45) is 0 Å². The van der Waals surface area contributed by atoms with Crippen LogP contribution in [0.4, 0.5) is 5.69 Å². The van der Waals surface area contributed by atoms with Gasteiger partial charge in [0.05, 0.1) is 17.8 Å². The van der Waals surface area contributed by atoms with E-state index in [4.69, 9.17) is 12.2 Å². The highest BCUT2D eigenvalue weighted by molar-refractivity contribution is 7.80. The normalized spacial score (nSPS) is 18.2. The minimum absolute atomic E-state index is 0.00716. The Morgan fingerprint density at radius 2 is 1.62 bits per heavy atom. The Morgan fingerprint density at radius 3 is 2.31 bits per heavy atom. The molecule has 2 unspecified atom stereocenters. The van der Waals surface area contributed by atoms with Crippen LogP contribution in [-0.2, 0) is 0 Å². The van der Waals surface area contributed by atoms with Crippen LogP contribution < -0.4 is 10.2 Å². The third-order valence-corrected chi connectivity index (χ3v) is 6.36. The highest BCUT2D eigenvalue weighted by atomic mass is 32.1. The van der Waals surface area contributed by atoms with Crippen LogP contribution in [0.25, 0.3) is 5.69 Å². The van der Waals surface area contributed by atoms with E-state index in [9.17, 15) is 0 Å². The van der Waals surface area contributed by atoms with Crippen molar-refractivity contribution in [1.82, 2.24) is 14.9 Å². The molecule has 0 saturated carbocycles. The van der Waals surface area contributed by atoms with Gasteiger partial charge in [0.15, 0.2) is 5.11 Å². The zero-order chi connectivity index (χ0) is 22.1. The first-order chi connectivity index (χ1) is 15.6. The second kappa shape index (κ2) is 8.60. The quantitative estimate of drug-likeness (QED) is 0.378. The monoisotopic (exact) mass is 438 g/mol. The predicted octanol–water partition coefficient (Wildman–Crippen LogP) is 6.17. The molecule has 1 saturated heterocycles. The molecule has 160 valence electrons. The van der Waals surface area contributed by atoms with Gasteiger partial charge in [-0.3, -0.25) is 4.98 Å². The molecule has 5 heteroatoms. The maximum absolute atomic E-state index is 5.84. The third-order valence-electron chi connectivity index (χ3n) is 6.05. The Balaban J connectivity index is 1.58. The van der Waals surface area contributed by atoms with Gasteiger partial charge >= 0.3 is 0 Å². The number of para-hydroxylation sites is 1. The number of benzene rings is 2. The molecule has 0 radical (unpaired) electrons. The van der Waals surface area contributed by atoms with Crippen LogP contribution in [0.15, 0.2) is 97.5 Å². The van der Waals surface area contributed by atoms with E-state index in [2.05, 4.69) is 107 Å².